The minimum atomic E-state index is -0.608. The van der Waals surface area contributed by atoms with Crippen LogP contribution in [0.4, 0.5) is 0 Å². The van der Waals surface area contributed by atoms with Crippen LogP contribution in [-0.2, 0) is 4.79 Å². The van der Waals surface area contributed by atoms with Gasteiger partial charge in [-0.15, -0.1) is 0 Å². The van der Waals surface area contributed by atoms with Crippen molar-refractivity contribution in [3.05, 3.63) is 35.9 Å². The Hall–Kier alpha value is -1.35. The fraction of sp³-hybridized carbons (Fsp3) is 0.611. The highest BCUT2D eigenvalue weighted by molar-refractivity contribution is 5.86. The molecular formula is C18H26N2O. The second-order valence-electron chi connectivity index (χ2n) is 7.01. The monoisotopic (exact) mass is 286 g/mol. The van der Waals surface area contributed by atoms with Crippen LogP contribution >= 0.6 is 0 Å². The molecule has 1 aromatic rings. The Morgan fingerprint density at radius 2 is 2.05 bits per heavy atom. The molecule has 1 amide bonds. The summed E-state index contributed by atoms with van der Waals surface area (Å²) in [4.78, 5) is 14.9. The summed E-state index contributed by atoms with van der Waals surface area (Å²) in [6.45, 7) is 3.90. The summed E-state index contributed by atoms with van der Waals surface area (Å²) in [5, 5.41) is 0. The van der Waals surface area contributed by atoms with Crippen molar-refractivity contribution in [2.45, 2.75) is 50.5 Å². The standard InChI is InChI=1S/C18H26N2O/c1-14-6-5-10-18(19,12-14)17(21)20-11-9-16(13-20)15-7-3-2-4-8-15/h2-4,7-8,14,16H,5-6,9-13,19H2,1H3. The second kappa shape index (κ2) is 5.80. The average molecular weight is 286 g/mol. The zero-order chi connectivity index (χ0) is 14.9. The van der Waals surface area contributed by atoms with E-state index in [4.69, 9.17) is 5.73 Å². The molecule has 1 aliphatic heterocycles. The maximum Gasteiger partial charge on any atom is 0.242 e. The van der Waals surface area contributed by atoms with Gasteiger partial charge in [-0.25, -0.2) is 0 Å². The molecule has 3 unspecified atom stereocenters. The van der Waals surface area contributed by atoms with Gasteiger partial charge in [-0.2, -0.15) is 0 Å². The smallest absolute Gasteiger partial charge is 0.242 e. The van der Waals surface area contributed by atoms with E-state index in [0.29, 0.717) is 11.8 Å². The van der Waals surface area contributed by atoms with Crippen molar-refractivity contribution in [2.24, 2.45) is 11.7 Å². The summed E-state index contributed by atoms with van der Waals surface area (Å²) in [5.41, 5.74) is 7.20. The van der Waals surface area contributed by atoms with Gasteiger partial charge >= 0.3 is 0 Å². The number of nitrogens with two attached hydrogens (primary N) is 1. The van der Waals surface area contributed by atoms with Gasteiger partial charge in [0.05, 0.1) is 5.54 Å². The molecular weight excluding hydrogens is 260 g/mol. The van der Waals surface area contributed by atoms with E-state index in [1.807, 2.05) is 11.0 Å². The van der Waals surface area contributed by atoms with E-state index in [0.717, 1.165) is 38.8 Å². The molecule has 3 heteroatoms. The van der Waals surface area contributed by atoms with Crippen molar-refractivity contribution < 1.29 is 4.79 Å². The van der Waals surface area contributed by atoms with Crippen LogP contribution in [0, 0.1) is 5.92 Å². The van der Waals surface area contributed by atoms with E-state index < -0.39 is 5.54 Å². The maximum absolute atomic E-state index is 12.8. The number of rotatable bonds is 2. The van der Waals surface area contributed by atoms with Crippen molar-refractivity contribution in [2.75, 3.05) is 13.1 Å². The summed E-state index contributed by atoms with van der Waals surface area (Å²) in [5.74, 6) is 1.23. The number of carbonyl (C=O) groups excluding carboxylic acids is 1. The van der Waals surface area contributed by atoms with Crippen molar-refractivity contribution >= 4 is 5.91 Å². The largest absolute Gasteiger partial charge is 0.340 e. The Balaban J connectivity index is 1.67. The fourth-order valence-corrected chi connectivity index (χ4v) is 4.04. The van der Waals surface area contributed by atoms with Crippen molar-refractivity contribution in [1.29, 1.82) is 0 Å². The molecule has 2 aliphatic rings. The lowest BCUT2D eigenvalue weighted by atomic mass is 9.76. The van der Waals surface area contributed by atoms with Crippen LogP contribution in [0.1, 0.15) is 50.5 Å². The number of hydrogen-bond acceptors (Lipinski definition) is 2. The van der Waals surface area contributed by atoms with Gasteiger partial charge in [-0.05, 0) is 30.7 Å². The van der Waals surface area contributed by atoms with E-state index >= 15 is 0 Å². The Kier molecular flexibility index (Phi) is 4.03. The van der Waals surface area contributed by atoms with Crippen LogP contribution in [-0.4, -0.2) is 29.4 Å². The summed E-state index contributed by atoms with van der Waals surface area (Å²) in [6, 6.07) is 10.5. The first-order valence-electron chi connectivity index (χ1n) is 8.22. The van der Waals surface area contributed by atoms with Gasteiger partial charge in [0, 0.05) is 19.0 Å². The first-order chi connectivity index (χ1) is 10.1. The number of benzene rings is 1. The lowest BCUT2D eigenvalue weighted by Gasteiger charge is -2.38. The van der Waals surface area contributed by atoms with Crippen LogP contribution in [0.5, 0.6) is 0 Å². The third kappa shape index (κ3) is 2.98. The SMILES string of the molecule is CC1CCCC(N)(C(=O)N2CCC(c3ccccc3)C2)C1. The second-order valence-corrected chi connectivity index (χ2v) is 7.01. The molecule has 0 bridgehead atoms. The molecule has 1 heterocycles. The molecule has 1 aliphatic carbocycles. The van der Waals surface area contributed by atoms with Gasteiger partial charge in [-0.3, -0.25) is 4.79 Å². The molecule has 1 saturated heterocycles. The zero-order valence-electron chi connectivity index (χ0n) is 12.9. The normalized spacial score (nSPS) is 33.1. The first-order valence-corrected chi connectivity index (χ1v) is 8.22. The van der Waals surface area contributed by atoms with Crippen LogP contribution in [0.25, 0.3) is 0 Å². The average Bonchev–Trinajstić information content (AvgIpc) is 2.97. The molecule has 3 nitrogen and oxygen atoms in total. The minimum absolute atomic E-state index is 0.187. The minimum Gasteiger partial charge on any atom is -0.340 e. The lowest BCUT2D eigenvalue weighted by Crippen LogP contribution is -2.56. The quantitative estimate of drug-likeness (QED) is 0.908. The highest BCUT2D eigenvalue weighted by Gasteiger charge is 2.42. The summed E-state index contributed by atoms with van der Waals surface area (Å²) in [6.07, 6.45) is 5.04. The molecule has 1 aromatic carbocycles. The molecule has 3 rings (SSSR count). The van der Waals surface area contributed by atoms with Gasteiger partial charge in [0.1, 0.15) is 0 Å². The molecule has 0 spiro atoms. The summed E-state index contributed by atoms with van der Waals surface area (Å²) < 4.78 is 0. The van der Waals surface area contributed by atoms with Gasteiger partial charge in [0.15, 0.2) is 0 Å². The molecule has 21 heavy (non-hydrogen) atoms. The maximum atomic E-state index is 12.8. The highest BCUT2D eigenvalue weighted by Crippen LogP contribution is 2.34. The van der Waals surface area contributed by atoms with E-state index in [2.05, 4.69) is 31.2 Å². The van der Waals surface area contributed by atoms with E-state index in [1.165, 1.54) is 12.0 Å². The Bertz CT molecular complexity index is 501. The Labute approximate surface area is 127 Å². The number of carbonyl (C=O) groups is 1. The molecule has 2 N–H and O–H groups in total. The summed E-state index contributed by atoms with van der Waals surface area (Å²) >= 11 is 0. The van der Waals surface area contributed by atoms with Gasteiger partial charge in [-0.1, -0.05) is 50.1 Å². The third-order valence-corrected chi connectivity index (χ3v) is 5.20. The van der Waals surface area contributed by atoms with Gasteiger partial charge in [0.25, 0.3) is 0 Å². The molecule has 0 radical (unpaired) electrons. The molecule has 0 aromatic heterocycles. The predicted molar refractivity (Wildman–Crippen MR) is 84.9 cm³/mol. The number of hydrogen-bond donors (Lipinski definition) is 1. The summed E-state index contributed by atoms with van der Waals surface area (Å²) in [7, 11) is 0. The molecule has 114 valence electrons. The predicted octanol–water partition coefficient (Wildman–Crippen LogP) is 2.91. The van der Waals surface area contributed by atoms with Crippen LogP contribution in [0.2, 0.25) is 0 Å². The van der Waals surface area contributed by atoms with Crippen molar-refractivity contribution in [3.8, 4) is 0 Å². The van der Waals surface area contributed by atoms with E-state index in [9.17, 15) is 4.79 Å². The molecule has 3 atom stereocenters. The van der Waals surface area contributed by atoms with Crippen molar-refractivity contribution in [3.63, 3.8) is 0 Å². The van der Waals surface area contributed by atoms with Gasteiger partial charge in [0.2, 0.25) is 5.91 Å². The number of amides is 1. The highest BCUT2D eigenvalue weighted by atomic mass is 16.2. The molecule has 2 fully saturated rings. The topological polar surface area (TPSA) is 46.3 Å². The van der Waals surface area contributed by atoms with Crippen molar-refractivity contribution in [1.82, 2.24) is 4.90 Å². The van der Waals surface area contributed by atoms with Crippen LogP contribution in [0.15, 0.2) is 30.3 Å². The Morgan fingerprint density at radius 1 is 1.29 bits per heavy atom. The fourth-order valence-electron chi connectivity index (χ4n) is 4.04. The van der Waals surface area contributed by atoms with E-state index in [1.54, 1.807) is 0 Å². The number of likely N-dealkylation sites (tertiary alicyclic amines) is 1. The van der Waals surface area contributed by atoms with Crippen LogP contribution < -0.4 is 5.73 Å². The van der Waals surface area contributed by atoms with E-state index in [-0.39, 0.29) is 5.91 Å². The number of nitrogens with zero attached hydrogens (tertiary/aromatic N) is 1. The lowest BCUT2D eigenvalue weighted by molar-refractivity contribution is -0.137. The Morgan fingerprint density at radius 3 is 2.76 bits per heavy atom. The first kappa shape index (κ1) is 14.6. The zero-order valence-corrected chi connectivity index (χ0v) is 12.9. The van der Waals surface area contributed by atoms with Crippen LogP contribution in [0.3, 0.4) is 0 Å². The molecule has 1 saturated carbocycles. The van der Waals surface area contributed by atoms with Gasteiger partial charge < -0.3 is 10.6 Å². The third-order valence-electron chi connectivity index (χ3n) is 5.20.